The number of thiazole rings is 1. The van der Waals surface area contributed by atoms with Crippen LogP contribution in [0.2, 0.25) is 0 Å². The molecule has 2 nitrogen and oxygen atoms in total. The number of likely N-dealkylation sites (N-methyl/N-ethyl adjacent to an activating group) is 1. The summed E-state index contributed by atoms with van der Waals surface area (Å²) in [4.78, 5) is 4.83. The molecule has 1 aromatic carbocycles. The summed E-state index contributed by atoms with van der Waals surface area (Å²) in [6.07, 6.45) is 0.989. The van der Waals surface area contributed by atoms with Gasteiger partial charge in [-0.25, -0.2) is 4.98 Å². The number of halogens is 1. The first-order valence-corrected chi connectivity index (χ1v) is 8.92. The zero-order chi connectivity index (χ0) is 15.5. The van der Waals surface area contributed by atoms with Crippen molar-refractivity contribution in [3.8, 4) is 0 Å². The van der Waals surface area contributed by atoms with Crippen molar-refractivity contribution in [1.82, 2.24) is 10.3 Å². The van der Waals surface area contributed by atoms with Crippen LogP contribution < -0.4 is 5.32 Å². The van der Waals surface area contributed by atoms with Crippen LogP contribution in [0, 0.1) is 0 Å². The highest BCUT2D eigenvalue weighted by Gasteiger charge is 2.19. The first kappa shape index (κ1) is 16.7. The highest BCUT2D eigenvalue weighted by Crippen LogP contribution is 2.28. The smallest absolute Gasteiger partial charge is 0.0935 e. The van der Waals surface area contributed by atoms with Crippen LogP contribution in [0.3, 0.4) is 0 Å². The Hall–Kier alpha value is -0.710. The maximum atomic E-state index is 4.83. The Bertz CT molecular complexity index is 569. The van der Waals surface area contributed by atoms with Crippen molar-refractivity contribution in [2.24, 2.45) is 0 Å². The van der Waals surface area contributed by atoms with Crippen molar-refractivity contribution in [3.63, 3.8) is 0 Å². The molecule has 1 atom stereocenters. The lowest BCUT2D eigenvalue weighted by molar-refractivity contribution is 0.566. The van der Waals surface area contributed by atoms with Crippen molar-refractivity contribution >= 4 is 27.3 Å². The van der Waals surface area contributed by atoms with Gasteiger partial charge < -0.3 is 5.32 Å². The highest BCUT2D eigenvalue weighted by molar-refractivity contribution is 9.10. The van der Waals surface area contributed by atoms with Crippen LogP contribution in [-0.2, 0) is 11.8 Å². The van der Waals surface area contributed by atoms with Crippen LogP contribution in [0.5, 0.6) is 0 Å². The SMILES string of the molecule is CNCC(Cc1nc(C(C)(C)C)cs1)c1ccc(Br)cc1. The number of aromatic nitrogens is 1. The van der Waals surface area contributed by atoms with Gasteiger partial charge in [-0.2, -0.15) is 0 Å². The van der Waals surface area contributed by atoms with Gasteiger partial charge in [0.25, 0.3) is 0 Å². The lowest BCUT2D eigenvalue weighted by Crippen LogP contribution is -2.19. The summed E-state index contributed by atoms with van der Waals surface area (Å²) in [5.41, 5.74) is 2.69. The van der Waals surface area contributed by atoms with E-state index in [1.54, 1.807) is 11.3 Å². The monoisotopic (exact) mass is 366 g/mol. The number of rotatable bonds is 5. The van der Waals surface area contributed by atoms with E-state index in [9.17, 15) is 0 Å². The Morgan fingerprint density at radius 3 is 2.43 bits per heavy atom. The Kier molecular flexibility index (Phi) is 5.58. The fraction of sp³-hybridized carbons (Fsp3) is 0.471. The fourth-order valence-electron chi connectivity index (χ4n) is 2.25. The van der Waals surface area contributed by atoms with E-state index in [0.717, 1.165) is 17.4 Å². The van der Waals surface area contributed by atoms with Gasteiger partial charge in [-0.05, 0) is 24.7 Å². The van der Waals surface area contributed by atoms with Crippen LogP contribution in [0.1, 0.15) is 43.0 Å². The molecule has 2 rings (SSSR count). The molecule has 1 N–H and O–H groups in total. The molecule has 0 bridgehead atoms. The molecule has 0 saturated heterocycles. The van der Waals surface area contributed by atoms with Gasteiger partial charge in [-0.3, -0.25) is 0 Å². The third-order valence-electron chi connectivity index (χ3n) is 3.53. The summed E-state index contributed by atoms with van der Waals surface area (Å²) in [5, 5.41) is 6.73. The van der Waals surface area contributed by atoms with Crippen LogP contribution in [-0.4, -0.2) is 18.6 Å². The van der Waals surface area contributed by atoms with Crippen LogP contribution in [0.15, 0.2) is 34.1 Å². The molecule has 0 spiro atoms. The Balaban J connectivity index is 2.16. The van der Waals surface area contributed by atoms with Gasteiger partial charge in [-0.1, -0.05) is 48.8 Å². The number of hydrogen-bond donors (Lipinski definition) is 1. The Labute approximate surface area is 140 Å². The summed E-state index contributed by atoms with van der Waals surface area (Å²) in [5.74, 6) is 0.460. The molecule has 4 heteroatoms. The number of benzene rings is 1. The second-order valence-corrected chi connectivity index (χ2v) is 8.25. The van der Waals surface area contributed by atoms with Crippen molar-refractivity contribution < 1.29 is 0 Å². The molecular formula is C17H23BrN2S. The maximum absolute atomic E-state index is 4.83. The fourth-order valence-corrected chi connectivity index (χ4v) is 3.62. The predicted octanol–water partition coefficient (Wildman–Crippen LogP) is 4.75. The summed E-state index contributed by atoms with van der Waals surface area (Å²) in [7, 11) is 2.01. The van der Waals surface area contributed by atoms with E-state index in [2.05, 4.69) is 71.7 Å². The molecule has 0 aliphatic carbocycles. The van der Waals surface area contributed by atoms with E-state index in [-0.39, 0.29) is 5.41 Å². The molecule has 1 aromatic heterocycles. The highest BCUT2D eigenvalue weighted by atomic mass is 79.9. The molecule has 0 amide bonds. The van der Waals surface area contributed by atoms with E-state index < -0.39 is 0 Å². The molecule has 0 aliphatic rings. The van der Waals surface area contributed by atoms with Crippen molar-refractivity contribution in [2.45, 2.75) is 38.5 Å². The van der Waals surface area contributed by atoms with E-state index >= 15 is 0 Å². The predicted molar refractivity (Wildman–Crippen MR) is 95.3 cm³/mol. The minimum Gasteiger partial charge on any atom is -0.319 e. The Morgan fingerprint density at radius 1 is 1.24 bits per heavy atom. The normalized spacial score (nSPS) is 13.4. The van der Waals surface area contributed by atoms with E-state index in [1.165, 1.54) is 16.3 Å². The van der Waals surface area contributed by atoms with Crippen molar-refractivity contribution in [2.75, 3.05) is 13.6 Å². The molecule has 21 heavy (non-hydrogen) atoms. The molecule has 0 aliphatic heterocycles. The maximum Gasteiger partial charge on any atom is 0.0935 e. The molecule has 0 radical (unpaired) electrons. The lowest BCUT2D eigenvalue weighted by Gasteiger charge is -2.17. The second-order valence-electron chi connectivity index (χ2n) is 6.39. The summed E-state index contributed by atoms with van der Waals surface area (Å²) >= 11 is 5.28. The van der Waals surface area contributed by atoms with Crippen LogP contribution in [0.25, 0.3) is 0 Å². The average Bonchev–Trinajstić information content (AvgIpc) is 2.88. The van der Waals surface area contributed by atoms with Crippen LogP contribution >= 0.6 is 27.3 Å². The molecule has 1 heterocycles. The summed E-state index contributed by atoms with van der Waals surface area (Å²) in [6, 6.07) is 8.62. The summed E-state index contributed by atoms with van der Waals surface area (Å²) in [6.45, 7) is 7.61. The first-order valence-electron chi connectivity index (χ1n) is 7.25. The Morgan fingerprint density at radius 2 is 1.90 bits per heavy atom. The van der Waals surface area contributed by atoms with Crippen LogP contribution in [0.4, 0.5) is 0 Å². The van der Waals surface area contributed by atoms with Gasteiger partial charge in [-0.15, -0.1) is 11.3 Å². The minimum absolute atomic E-state index is 0.130. The topological polar surface area (TPSA) is 24.9 Å². The first-order chi connectivity index (χ1) is 9.90. The minimum atomic E-state index is 0.130. The molecule has 114 valence electrons. The second kappa shape index (κ2) is 7.03. The zero-order valence-corrected chi connectivity index (χ0v) is 15.5. The zero-order valence-electron chi connectivity index (χ0n) is 13.1. The van der Waals surface area contributed by atoms with E-state index in [4.69, 9.17) is 4.98 Å². The van der Waals surface area contributed by atoms with Gasteiger partial charge >= 0.3 is 0 Å². The molecule has 0 fully saturated rings. The van der Waals surface area contributed by atoms with Gasteiger partial charge in [0.1, 0.15) is 0 Å². The molecule has 2 aromatic rings. The largest absolute Gasteiger partial charge is 0.319 e. The standard InChI is InChI=1S/C17H23BrN2S/c1-17(2,3)15-11-21-16(20-15)9-13(10-19-4)12-5-7-14(18)8-6-12/h5-8,11,13,19H,9-10H2,1-4H3. The average molecular weight is 367 g/mol. The lowest BCUT2D eigenvalue weighted by atomic mass is 9.93. The third-order valence-corrected chi connectivity index (χ3v) is 4.93. The van der Waals surface area contributed by atoms with E-state index in [0.29, 0.717) is 5.92 Å². The van der Waals surface area contributed by atoms with E-state index in [1.807, 2.05) is 7.05 Å². The molecular weight excluding hydrogens is 344 g/mol. The molecule has 1 unspecified atom stereocenters. The molecule has 0 saturated carbocycles. The third kappa shape index (κ3) is 4.63. The number of nitrogens with zero attached hydrogens (tertiary/aromatic N) is 1. The van der Waals surface area contributed by atoms with Gasteiger partial charge in [0, 0.05) is 34.2 Å². The van der Waals surface area contributed by atoms with Crippen molar-refractivity contribution in [3.05, 3.63) is 50.4 Å². The van der Waals surface area contributed by atoms with Gasteiger partial charge in [0.15, 0.2) is 0 Å². The quantitative estimate of drug-likeness (QED) is 0.825. The number of hydrogen-bond acceptors (Lipinski definition) is 3. The van der Waals surface area contributed by atoms with Gasteiger partial charge in [0.2, 0.25) is 0 Å². The van der Waals surface area contributed by atoms with Crippen molar-refractivity contribution in [1.29, 1.82) is 0 Å². The van der Waals surface area contributed by atoms with Gasteiger partial charge in [0.05, 0.1) is 10.7 Å². The summed E-state index contributed by atoms with van der Waals surface area (Å²) < 4.78 is 1.12. The number of nitrogens with one attached hydrogen (secondary N) is 1.